The van der Waals surface area contributed by atoms with E-state index >= 15 is 0 Å². The summed E-state index contributed by atoms with van der Waals surface area (Å²) in [7, 11) is 0. The smallest absolute Gasteiger partial charge is 0.251 e. The van der Waals surface area contributed by atoms with Gasteiger partial charge in [0.1, 0.15) is 6.10 Å². The molecule has 0 aromatic heterocycles. The highest BCUT2D eigenvalue weighted by Gasteiger charge is 2.19. The van der Waals surface area contributed by atoms with Gasteiger partial charge in [0.2, 0.25) is 0 Å². The van der Waals surface area contributed by atoms with E-state index in [-0.39, 0.29) is 5.91 Å². The zero-order valence-electron chi connectivity index (χ0n) is 7.58. The van der Waals surface area contributed by atoms with Gasteiger partial charge in [-0.2, -0.15) is 0 Å². The third-order valence-electron chi connectivity index (χ3n) is 2.11. The fourth-order valence-electron chi connectivity index (χ4n) is 1.24. The van der Waals surface area contributed by atoms with Crippen molar-refractivity contribution in [3.05, 3.63) is 11.6 Å². The van der Waals surface area contributed by atoms with Gasteiger partial charge in [-0.25, -0.2) is 0 Å². The zero-order valence-corrected chi connectivity index (χ0v) is 7.58. The number of aliphatic hydroxyl groups excluding tert-OH is 1. The van der Waals surface area contributed by atoms with Gasteiger partial charge in [-0.1, -0.05) is 11.6 Å². The molecule has 0 bridgehead atoms. The minimum Gasteiger partial charge on any atom is -0.384 e. The lowest BCUT2D eigenvalue weighted by atomic mass is 10.1. The molecule has 1 amide bonds. The molecule has 1 aliphatic heterocycles. The van der Waals surface area contributed by atoms with Gasteiger partial charge in [-0.05, 0) is 20.3 Å². The van der Waals surface area contributed by atoms with Crippen molar-refractivity contribution in [2.45, 2.75) is 26.4 Å². The Hall–Kier alpha value is -0.830. The van der Waals surface area contributed by atoms with Crippen LogP contribution in [0.5, 0.6) is 0 Å². The molecule has 0 spiro atoms. The summed E-state index contributed by atoms with van der Waals surface area (Å²) in [5.41, 5.74) is 1.32. The van der Waals surface area contributed by atoms with Crippen LogP contribution in [0.15, 0.2) is 11.6 Å². The molecule has 0 aromatic rings. The van der Waals surface area contributed by atoms with E-state index in [2.05, 4.69) is 6.92 Å². The first kappa shape index (κ1) is 9.26. The molecule has 3 nitrogen and oxygen atoms in total. The van der Waals surface area contributed by atoms with E-state index in [1.807, 2.05) is 6.08 Å². The third kappa shape index (κ3) is 2.08. The Morgan fingerprint density at radius 3 is 2.83 bits per heavy atom. The normalized spacial score (nSPS) is 20.2. The van der Waals surface area contributed by atoms with Crippen LogP contribution in [0.2, 0.25) is 0 Å². The number of hydrogen-bond donors (Lipinski definition) is 1. The summed E-state index contributed by atoms with van der Waals surface area (Å²) in [5.74, 6) is -0.168. The molecule has 12 heavy (non-hydrogen) atoms. The maximum Gasteiger partial charge on any atom is 0.251 e. The fourth-order valence-corrected chi connectivity index (χ4v) is 1.24. The number of aliphatic hydroxyl groups is 1. The lowest BCUT2D eigenvalue weighted by molar-refractivity contribution is -0.138. The molecule has 1 heterocycles. The molecule has 1 rings (SSSR count). The van der Waals surface area contributed by atoms with Crippen LogP contribution in [0.1, 0.15) is 20.3 Å². The van der Waals surface area contributed by atoms with Crippen LogP contribution in [0.25, 0.3) is 0 Å². The van der Waals surface area contributed by atoms with Gasteiger partial charge < -0.3 is 10.0 Å². The second-order valence-corrected chi connectivity index (χ2v) is 3.26. The molecular weight excluding hydrogens is 154 g/mol. The lowest BCUT2D eigenvalue weighted by Crippen LogP contribution is -2.40. The summed E-state index contributed by atoms with van der Waals surface area (Å²) in [5, 5.41) is 9.03. The van der Waals surface area contributed by atoms with E-state index in [1.165, 1.54) is 12.5 Å². The van der Waals surface area contributed by atoms with Crippen molar-refractivity contribution in [1.29, 1.82) is 0 Å². The zero-order chi connectivity index (χ0) is 9.14. The minimum atomic E-state index is -0.864. The van der Waals surface area contributed by atoms with Crippen molar-refractivity contribution in [2.75, 3.05) is 13.1 Å². The van der Waals surface area contributed by atoms with E-state index < -0.39 is 6.10 Å². The van der Waals surface area contributed by atoms with Gasteiger partial charge in [-0.15, -0.1) is 0 Å². The Morgan fingerprint density at radius 1 is 1.75 bits per heavy atom. The average molecular weight is 169 g/mol. The van der Waals surface area contributed by atoms with E-state index in [0.29, 0.717) is 6.54 Å². The van der Waals surface area contributed by atoms with E-state index in [4.69, 9.17) is 5.11 Å². The molecule has 68 valence electrons. The minimum absolute atomic E-state index is 0.168. The molecule has 0 saturated carbocycles. The number of amides is 1. The first-order valence-corrected chi connectivity index (χ1v) is 4.23. The van der Waals surface area contributed by atoms with Crippen LogP contribution in [0, 0.1) is 0 Å². The van der Waals surface area contributed by atoms with E-state index in [1.54, 1.807) is 4.90 Å². The van der Waals surface area contributed by atoms with Crippen molar-refractivity contribution in [3.63, 3.8) is 0 Å². The second-order valence-electron chi connectivity index (χ2n) is 3.26. The average Bonchev–Trinajstić information content (AvgIpc) is 2.04. The van der Waals surface area contributed by atoms with Crippen molar-refractivity contribution in [3.8, 4) is 0 Å². The van der Waals surface area contributed by atoms with Gasteiger partial charge in [0, 0.05) is 13.1 Å². The topological polar surface area (TPSA) is 40.5 Å². The lowest BCUT2D eigenvalue weighted by Gasteiger charge is -2.26. The summed E-state index contributed by atoms with van der Waals surface area (Å²) >= 11 is 0. The highest BCUT2D eigenvalue weighted by molar-refractivity contribution is 5.80. The highest BCUT2D eigenvalue weighted by atomic mass is 16.3. The fraction of sp³-hybridized carbons (Fsp3) is 0.667. The SMILES string of the molecule is CC1=CCN(C(=O)[C@H](C)O)CC1. The summed E-state index contributed by atoms with van der Waals surface area (Å²) in [6, 6.07) is 0. The summed E-state index contributed by atoms with van der Waals surface area (Å²) in [6.07, 6.45) is 2.10. The first-order valence-electron chi connectivity index (χ1n) is 4.23. The van der Waals surface area contributed by atoms with Crippen molar-refractivity contribution >= 4 is 5.91 Å². The van der Waals surface area contributed by atoms with Gasteiger partial charge in [0.05, 0.1) is 0 Å². The Labute approximate surface area is 72.7 Å². The number of carbonyl (C=O) groups excluding carboxylic acids is 1. The molecule has 1 N–H and O–H groups in total. The number of hydrogen-bond acceptors (Lipinski definition) is 2. The first-order chi connectivity index (χ1) is 5.61. The van der Waals surface area contributed by atoms with Crippen LogP contribution in [0.3, 0.4) is 0 Å². The maximum atomic E-state index is 11.3. The van der Waals surface area contributed by atoms with Crippen LogP contribution in [-0.4, -0.2) is 35.1 Å². The Bertz CT molecular complexity index is 209. The molecule has 0 saturated heterocycles. The molecule has 0 fully saturated rings. The van der Waals surface area contributed by atoms with Crippen LogP contribution >= 0.6 is 0 Å². The Balaban J connectivity index is 2.51. The molecule has 0 unspecified atom stereocenters. The standard InChI is InChI=1S/C9H15NO2/c1-7-3-5-10(6-4-7)9(12)8(2)11/h3,8,11H,4-6H2,1-2H3/t8-/m0/s1. The molecule has 0 radical (unpaired) electrons. The summed E-state index contributed by atoms with van der Waals surface area (Å²) in [6.45, 7) is 4.96. The molecule has 0 aliphatic carbocycles. The number of carbonyl (C=O) groups is 1. The van der Waals surface area contributed by atoms with E-state index in [0.717, 1.165) is 13.0 Å². The Kier molecular flexibility index (Phi) is 2.87. The second kappa shape index (κ2) is 3.72. The predicted molar refractivity (Wildman–Crippen MR) is 46.6 cm³/mol. The molecule has 1 aliphatic rings. The van der Waals surface area contributed by atoms with Gasteiger partial charge in [0.15, 0.2) is 0 Å². The van der Waals surface area contributed by atoms with Crippen molar-refractivity contribution in [1.82, 2.24) is 4.90 Å². The molecular formula is C9H15NO2. The molecule has 1 atom stereocenters. The maximum absolute atomic E-state index is 11.3. The predicted octanol–water partition coefficient (Wildman–Crippen LogP) is 0.546. The van der Waals surface area contributed by atoms with Crippen LogP contribution in [0.4, 0.5) is 0 Å². The third-order valence-corrected chi connectivity index (χ3v) is 2.11. The number of nitrogens with zero attached hydrogens (tertiary/aromatic N) is 1. The van der Waals surface area contributed by atoms with E-state index in [9.17, 15) is 4.79 Å². The number of rotatable bonds is 1. The van der Waals surface area contributed by atoms with Crippen molar-refractivity contribution < 1.29 is 9.90 Å². The Morgan fingerprint density at radius 2 is 2.42 bits per heavy atom. The van der Waals surface area contributed by atoms with Gasteiger partial charge >= 0.3 is 0 Å². The highest BCUT2D eigenvalue weighted by Crippen LogP contribution is 2.10. The molecule has 0 aromatic carbocycles. The van der Waals surface area contributed by atoms with Crippen molar-refractivity contribution in [2.24, 2.45) is 0 Å². The van der Waals surface area contributed by atoms with Crippen LogP contribution in [-0.2, 0) is 4.79 Å². The quantitative estimate of drug-likeness (QED) is 0.582. The monoisotopic (exact) mass is 169 g/mol. The van der Waals surface area contributed by atoms with Crippen LogP contribution < -0.4 is 0 Å². The molecule has 3 heteroatoms. The van der Waals surface area contributed by atoms with Gasteiger partial charge in [-0.3, -0.25) is 4.79 Å². The summed E-state index contributed by atoms with van der Waals surface area (Å²) < 4.78 is 0. The summed E-state index contributed by atoms with van der Waals surface area (Å²) in [4.78, 5) is 12.9. The largest absolute Gasteiger partial charge is 0.384 e. The van der Waals surface area contributed by atoms with Gasteiger partial charge in [0.25, 0.3) is 5.91 Å².